The molecule has 0 heterocycles. The first-order chi connectivity index (χ1) is 13.3. The molecule has 0 aliphatic carbocycles. The molecule has 0 saturated carbocycles. The summed E-state index contributed by atoms with van der Waals surface area (Å²) in [6.45, 7) is 3.85. The molecule has 0 bridgehead atoms. The van der Waals surface area contributed by atoms with E-state index in [-0.39, 0.29) is 42.3 Å². The summed E-state index contributed by atoms with van der Waals surface area (Å²) in [6, 6.07) is 14.9. The van der Waals surface area contributed by atoms with Gasteiger partial charge in [-0.05, 0) is 38.1 Å². The molecule has 0 saturated heterocycles. The van der Waals surface area contributed by atoms with Crippen molar-refractivity contribution < 1.29 is 18.0 Å². The number of benzene rings is 2. The third-order valence-corrected chi connectivity index (χ3v) is 5.45. The van der Waals surface area contributed by atoms with Gasteiger partial charge in [0.25, 0.3) is 5.91 Å². The van der Waals surface area contributed by atoms with Crippen molar-refractivity contribution in [2.24, 2.45) is 0 Å². The molecule has 0 radical (unpaired) electrons. The normalized spacial score (nSPS) is 12.2. The summed E-state index contributed by atoms with van der Waals surface area (Å²) in [4.78, 5) is 24.2. The Labute approximate surface area is 165 Å². The topological polar surface area (TPSA) is 104 Å². The molecule has 0 aromatic heterocycles. The molecule has 1 unspecified atom stereocenters. The van der Waals surface area contributed by atoms with Gasteiger partial charge in [0, 0.05) is 31.1 Å². The lowest BCUT2D eigenvalue weighted by Gasteiger charge is -2.14. The molecule has 0 aliphatic rings. The Morgan fingerprint density at radius 1 is 0.964 bits per heavy atom. The van der Waals surface area contributed by atoms with Gasteiger partial charge in [0.05, 0.1) is 4.90 Å². The average molecular weight is 404 g/mol. The van der Waals surface area contributed by atoms with Gasteiger partial charge < -0.3 is 10.6 Å². The van der Waals surface area contributed by atoms with Crippen LogP contribution in [0.25, 0.3) is 0 Å². The lowest BCUT2D eigenvalue weighted by Crippen LogP contribution is -2.39. The van der Waals surface area contributed by atoms with Crippen molar-refractivity contribution in [3.05, 3.63) is 65.7 Å². The molecule has 0 spiro atoms. The number of hydrogen-bond donors (Lipinski definition) is 3. The van der Waals surface area contributed by atoms with Gasteiger partial charge >= 0.3 is 0 Å². The number of amides is 2. The maximum atomic E-state index is 12.2. The molecule has 0 fully saturated rings. The zero-order chi connectivity index (χ0) is 20.6. The second-order valence-corrected chi connectivity index (χ2v) is 8.27. The second kappa shape index (κ2) is 10.0. The smallest absolute Gasteiger partial charge is 0.251 e. The highest BCUT2D eigenvalue weighted by atomic mass is 32.2. The summed E-state index contributed by atoms with van der Waals surface area (Å²) in [5.74, 6) is -0.512. The molecule has 2 amide bonds. The number of rotatable bonds is 9. The fraction of sp³-hybridized carbons (Fsp3) is 0.300. The monoisotopic (exact) mass is 403 g/mol. The first-order valence-electron chi connectivity index (χ1n) is 8.97. The van der Waals surface area contributed by atoms with Crippen LogP contribution >= 0.6 is 0 Å². The van der Waals surface area contributed by atoms with Crippen LogP contribution in [-0.4, -0.2) is 39.4 Å². The number of carbonyl (C=O) groups excluding carboxylic acids is 2. The van der Waals surface area contributed by atoms with E-state index in [1.165, 1.54) is 12.1 Å². The van der Waals surface area contributed by atoms with Crippen LogP contribution in [0.5, 0.6) is 0 Å². The first kappa shape index (κ1) is 21.6. The summed E-state index contributed by atoms with van der Waals surface area (Å²) in [5.41, 5.74) is 1.50. The van der Waals surface area contributed by atoms with Crippen LogP contribution < -0.4 is 15.4 Å². The van der Waals surface area contributed by atoms with Crippen molar-refractivity contribution in [3.63, 3.8) is 0 Å². The lowest BCUT2D eigenvalue weighted by molar-refractivity contribution is -0.121. The van der Waals surface area contributed by atoms with Gasteiger partial charge in [0.1, 0.15) is 0 Å². The number of carbonyl (C=O) groups is 2. The van der Waals surface area contributed by atoms with Crippen molar-refractivity contribution in [2.45, 2.75) is 31.2 Å². The molecule has 2 aromatic rings. The highest BCUT2D eigenvalue weighted by Gasteiger charge is 2.15. The van der Waals surface area contributed by atoms with E-state index in [2.05, 4.69) is 15.4 Å². The predicted molar refractivity (Wildman–Crippen MR) is 107 cm³/mol. The van der Waals surface area contributed by atoms with Crippen molar-refractivity contribution in [2.75, 3.05) is 13.1 Å². The molecule has 1 atom stereocenters. The maximum absolute atomic E-state index is 12.2. The number of aryl methyl sites for hydroxylation is 1. The molecular formula is C20H25N3O4S. The molecule has 28 heavy (non-hydrogen) atoms. The van der Waals surface area contributed by atoms with Crippen LogP contribution in [0.1, 0.15) is 29.3 Å². The van der Waals surface area contributed by atoms with Gasteiger partial charge in [-0.2, -0.15) is 0 Å². The predicted octanol–water partition coefficient (Wildman–Crippen LogP) is 1.60. The van der Waals surface area contributed by atoms with Crippen LogP contribution in [0.2, 0.25) is 0 Å². The van der Waals surface area contributed by atoms with Gasteiger partial charge in [0.2, 0.25) is 15.9 Å². The van der Waals surface area contributed by atoms with E-state index in [0.717, 1.165) is 5.56 Å². The molecular weight excluding hydrogens is 378 g/mol. The van der Waals surface area contributed by atoms with E-state index in [4.69, 9.17) is 0 Å². The fourth-order valence-electron chi connectivity index (χ4n) is 2.49. The quantitative estimate of drug-likeness (QED) is 0.553. The Kier molecular flexibility index (Phi) is 7.71. The lowest BCUT2D eigenvalue weighted by atomic mass is 10.1. The van der Waals surface area contributed by atoms with Gasteiger partial charge in [-0.25, -0.2) is 13.1 Å². The van der Waals surface area contributed by atoms with E-state index in [1.807, 2.05) is 13.0 Å². The Morgan fingerprint density at radius 2 is 1.61 bits per heavy atom. The van der Waals surface area contributed by atoms with Gasteiger partial charge in [-0.1, -0.05) is 35.9 Å². The first-order valence-corrected chi connectivity index (χ1v) is 10.4. The average Bonchev–Trinajstić information content (AvgIpc) is 2.66. The minimum Gasteiger partial charge on any atom is -0.355 e. The van der Waals surface area contributed by atoms with Crippen molar-refractivity contribution in [1.82, 2.24) is 15.4 Å². The highest BCUT2D eigenvalue weighted by molar-refractivity contribution is 7.89. The Bertz CT molecular complexity index is 897. The largest absolute Gasteiger partial charge is 0.355 e. The Hall–Kier alpha value is -2.71. The Balaban J connectivity index is 1.70. The number of sulfonamides is 1. The SMILES string of the molecule is Cc1ccc(S(=O)(=O)NCCNC(=O)CC(C)NC(=O)c2ccccc2)cc1. The van der Waals surface area contributed by atoms with E-state index >= 15 is 0 Å². The van der Waals surface area contributed by atoms with Crippen molar-refractivity contribution in [1.29, 1.82) is 0 Å². The Morgan fingerprint density at radius 3 is 2.25 bits per heavy atom. The molecule has 2 rings (SSSR count). The van der Waals surface area contributed by atoms with E-state index in [1.54, 1.807) is 43.3 Å². The fourth-order valence-corrected chi connectivity index (χ4v) is 3.52. The summed E-state index contributed by atoms with van der Waals surface area (Å²) in [7, 11) is -3.60. The maximum Gasteiger partial charge on any atom is 0.251 e. The second-order valence-electron chi connectivity index (χ2n) is 6.51. The molecule has 7 nitrogen and oxygen atoms in total. The summed E-state index contributed by atoms with van der Waals surface area (Å²) < 4.78 is 26.7. The van der Waals surface area contributed by atoms with Gasteiger partial charge in [0.15, 0.2) is 0 Å². The summed E-state index contributed by atoms with van der Waals surface area (Å²) >= 11 is 0. The van der Waals surface area contributed by atoms with Crippen LogP contribution in [0.4, 0.5) is 0 Å². The zero-order valence-electron chi connectivity index (χ0n) is 15.9. The van der Waals surface area contributed by atoms with Crippen LogP contribution in [0.3, 0.4) is 0 Å². The van der Waals surface area contributed by atoms with Gasteiger partial charge in [-0.3, -0.25) is 9.59 Å². The standard InChI is InChI=1S/C20H25N3O4S/c1-15-8-10-18(11-9-15)28(26,27)22-13-12-21-19(24)14-16(2)23-20(25)17-6-4-3-5-7-17/h3-11,16,22H,12-14H2,1-2H3,(H,21,24)(H,23,25). The molecule has 0 aliphatic heterocycles. The van der Waals surface area contributed by atoms with Gasteiger partial charge in [-0.15, -0.1) is 0 Å². The highest BCUT2D eigenvalue weighted by Crippen LogP contribution is 2.09. The van der Waals surface area contributed by atoms with E-state index < -0.39 is 10.0 Å². The molecule has 150 valence electrons. The third-order valence-electron chi connectivity index (χ3n) is 3.98. The molecule has 8 heteroatoms. The van der Waals surface area contributed by atoms with E-state index in [0.29, 0.717) is 5.56 Å². The van der Waals surface area contributed by atoms with Crippen molar-refractivity contribution >= 4 is 21.8 Å². The number of nitrogens with one attached hydrogen (secondary N) is 3. The number of hydrogen-bond acceptors (Lipinski definition) is 4. The van der Waals surface area contributed by atoms with Crippen LogP contribution in [0, 0.1) is 6.92 Å². The van der Waals surface area contributed by atoms with Crippen LogP contribution in [0.15, 0.2) is 59.5 Å². The summed E-state index contributed by atoms with van der Waals surface area (Å²) in [6.07, 6.45) is 0.100. The summed E-state index contributed by atoms with van der Waals surface area (Å²) in [5, 5.41) is 5.40. The minimum atomic E-state index is -3.60. The third kappa shape index (κ3) is 6.79. The zero-order valence-corrected chi connectivity index (χ0v) is 16.8. The van der Waals surface area contributed by atoms with E-state index in [9.17, 15) is 18.0 Å². The minimum absolute atomic E-state index is 0.0761. The molecule has 3 N–H and O–H groups in total. The van der Waals surface area contributed by atoms with Crippen molar-refractivity contribution in [3.8, 4) is 0 Å². The van der Waals surface area contributed by atoms with Crippen LogP contribution in [-0.2, 0) is 14.8 Å². The molecule has 2 aromatic carbocycles.